The van der Waals surface area contributed by atoms with Gasteiger partial charge in [-0.05, 0) is 25.0 Å². The standard InChI is InChI=1S/C18H19NO2/c1-3-7-16-14(5-1)18(19-13-9-11-20-12-10-13)15-6-2-4-8-17(15)21-16/h1-8,13,18-19H,9-12H2. The van der Waals surface area contributed by atoms with E-state index in [0.29, 0.717) is 6.04 Å². The molecule has 0 aliphatic carbocycles. The number of benzene rings is 2. The van der Waals surface area contributed by atoms with Crippen molar-refractivity contribution in [2.45, 2.75) is 24.9 Å². The van der Waals surface area contributed by atoms with Crippen LogP contribution in [0.2, 0.25) is 0 Å². The summed E-state index contributed by atoms with van der Waals surface area (Å²) in [4.78, 5) is 0. The highest BCUT2D eigenvalue weighted by Crippen LogP contribution is 2.42. The Labute approximate surface area is 124 Å². The number of fused-ring (bicyclic) bond motifs is 2. The van der Waals surface area contributed by atoms with Gasteiger partial charge in [-0.3, -0.25) is 0 Å². The molecular formula is C18H19NO2. The monoisotopic (exact) mass is 281 g/mol. The maximum atomic E-state index is 6.03. The van der Waals surface area contributed by atoms with Crippen molar-refractivity contribution in [2.24, 2.45) is 0 Å². The third-order valence-corrected chi connectivity index (χ3v) is 4.30. The zero-order valence-corrected chi connectivity index (χ0v) is 11.9. The van der Waals surface area contributed by atoms with Crippen molar-refractivity contribution in [3.63, 3.8) is 0 Å². The molecule has 0 aromatic heterocycles. The van der Waals surface area contributed by atoms with Crippen molar-refractivity contribution in [3.8, 4) is 11.5 Å². The highest BCUT2D eigenvalue weighted by atomic mass is 16.5. The predicted octanol–water partition coefficient (Wildman–Crippen LogP) is 3.65. The van der Waals surface area contributed by atoms with Crippen molar-refractivity contribution in [3.05, 3.63) is 59.7 Å². The van der Waals surface area contributed by atoms with Gasteiger partial charge in [0, 0.05) is 30.4 Å². The Kier molecular flexibility index (Phi) is 3.37. The van der Waals surface area contributed by atoms with Crippen molar-refractivity contribution in [1.29, 1.82) is 0 Å². The maximum absolute atomic E-state index is 6.03. The molecule has 1 saturated heterocycles. The van der Waals surface area contributed by atoms with Gasteiger partial charge in [0.1, 0.15) is 11.5 Å². The third kappa shape index (κ3) is 2.43. The van der Waals surface area contributed by atoms with Gasteiger partial charge in [0.05, 0.1) is 6.04 Å². The predicted molar refractivity (Wildman–Crippen MR) is 81.8 cm³/mol. The van der Waals surface area contributed by atoms with Crippen LogP contribution in [0, 0.1) is 0 Å². The van der Waals surface area contributed by atoms with E-state index >= 15 is 0 Å². The minimum absolute atomic E-state index is 0.203. The summed E-state index contributed by atoms with van der Waals surface area (Å²) < 4.78 is 11.5. The molecule has 0 atom stereocenters. The number of ether oxygens (including phenoxy) is 2. The van der Waals surface area contributed by atoms with Crippen LogP contribution in [-0.2, 0) is 4.74 Å². The number of para-hydroxylation sites is 2. The molecule has 0 unspecified atom stereocenters. The van der Waals surface area contributed by atoms with Crippen LogP contribution in [0.5, 0.6) is 11.5 Å². The Bertz CT molecular complexity index is 589. The van der Waals surface area contributed by atoms with Gasteiger partial charge < -0.3 is 14.8 Å². The van der Waals surface area contributed by atoms with Crippen LogP contribution in [-0.4, -0.2) is 19.3 Å². The first-order chi connectivity index (χ1) is 10.4. The van der Waals surface area contributed by atoms with E-state index in [0.717, 1.165) is 37.6 Å². The van der Waals surface area contributed by atoms with E-state index in [1.54, 1.807) is 0 Å². The summed E-state index contributed by atoms with van der Waals surface area (Å²) in [6.45, 7) is 1.70. The average molecular weight is 281 g/mol. The zero-order valence-electron chi connectivity index (χ0n) is 11.9. The van der Waals surface area contributed by atoms with E-state index in [4.69, 9.17) is 9.47 Å². The summed E-state index contributed by atoms with van der Waals surface area (Å²) in [7, 11) is 0. The molecule has 21 heavy (non-hydrogen) atoms. The van der Waals surface area contributed by atoms with Gasteiger partial charge in [0.15, 0.2) is 0 Å². The lowest BCUT2D eigenvalue weighted by Gasteiger charge is -2.33. The molecule has 3 nitrogen and oxygen atoms in total. The fraction of sp³-hybridized carbons (Fsp3) is 0.333. The molecule has 0 amide bonds. The summed E-state index contributed by atoms with van der Waals surface area (Å²) in [5.41, 5.74) is 2.45. The molecule has 2 heterocycles. The first-order valence-electron chi connectivity index (χ1n) is 7.61. The van der Waals surface area contributed by atoms with Gasteiger partial charge >= 0.3 is 0 Å². The Morgan fingerprint density at radius 2 is 1.38 bits per heavy atom. The summed E-state index contributed by atoms with van der Waals surface area (Å²) in [6, 6.07) is 17.3. The Balaban J connectivity index is 1.70. The fourth-order valence-corrected chi connectivity index (χ4v) is 3.19. The van der Waals surface area contributed by atoms with E-state index < -0.39 is 0 Å². The average Bonchev–Trinajstić information content (AvgIpc) is 2.55. The van der Waals surface area contributed by atoms with Crippen molar-refractivity contribution < 1.29 is 9.47 Å². The molecule has 4 rings (SSSR count). The van der Waals surface area contributed by atoms with E-state index in [-0.39, 0.29) is 6.04 Å². The van der Waals surface area contributed by atoms with Crippen molar-refractivity contribution in [2.75, 3.05) is 13.2 Å². The minimum atomic E-state index is 0.203. The number of hydrogen-bond donors (Lipinski definition) is 1. The second-order valence-electron chi connectivity index (χ2n) is 5.66. The normalized spacial score (nSPS) is 18.7. The van der Waals surface area contributed by atoms with Gasteiger partial charge in [0.2, 0.25) is 0 Å². The smallest absolute Gasteiger partial charge is 0.132 e. The quantitative estimate of drug-likeness (QED) is 0.911. The molecule has 0 spiro atoms. The molecule has 3 heteroatoms. The van der Waals surface area contributed by atoms with Gasteiger partial charge in [-0.2, -0.15) is 0 Å². The van der Waals surface area contributed by atoms with Gasteiger partial charge in [-0.1, -0.05) is 36.4 Å². The van der Waals surface area contributed by atoms with E-state index in [2.05, 4.69) is 29.6 Å². The van der Waals surface area contributed by atoms with Gasteiger partial charge in [-0.15, -0.1) is 0 Å². The van der Waals surface area contributed by atoms with E-state index in [1.807, 2.05) is 24.3 Å². The van der Waals surface area contributed by atoms with Crippen LogP contribution in [0.15, 0.2) is 48.5 Å². The van der Waals surface area contributed by atoms with Crippen LogP contribution in [0.25, 0.3) is 0 Å². The lowest BCUT2D eigenvalue weighted by atomic mass is 9.93. The molecule has 2 aliphatic heterocycles. The number of hydrogen-bond acceptors (Lipinski definition) is 3. The largest absolute Gasteiger partial charge is 0.457 e. The summed E-state index contributed by atoms with van der Waals surface area (Å²) in [6.07, 6.45) is 2.14. The Morgan fingerprint density at radius 3 is 2.00 bits per heavy atom. The SMILES string of the molecule is c1ccc2c(c1)Oc1ccccc1C2NC1CCOCC1. The second kappa shape index (κ2) is 5.51. The van der Waals surface area contributed by atoms with Crippen LogP contribution in [0.4, 0.5) is 0 Å². The van der Waals surface area contributed by atoms with Crippen LogP contribution in [0.1, 0.15) is 30.0 Å². The fourth-order valence-electron chi connectivity index (χ4n) is 3.19. The molecular weight excluding hydrogens is 262 g/mol. The second-order valence-corrected chi connectivity index (χ2v) is 5.66. The van der Waals surface area contributed by atoms with Crippen LogP contribution in [0.3, 0.4) is 0 Å². The lowest BCUT2D eigenvalue weighted by Crippen LogP contribution is -2.38. The van der Waals surface area contributed by atoms with E-state index in [9.17, 15) is 0 Å². The first kappa shape index (κ1) is 12.9. The molecule has 1 fully saturated rings. The van der Waals surface area contributed by atoms with E-state index in [1.165, 1.54) is 11.1 Å². The topological polar surface area (TPSA) is 30.5 Å². The molecule has 0 bridgehead atoms. The lowest BCUT2D eigenvalue weighted by molar-refractivity contribution is 0.0758. The number of nitrogens with one attached hydrogen (secondary N) is 1. The van der Waals surface area contributed by atoms with Crippen molar-refractivity contribution in [1.82, 2.24) is 5.32 Å². The molecule has 0 radical (unpaired) electrons. The zero-order chi connectivity index (χ0) is 14.1. The molecule has 2 aromatic carbocycles. The molecule has 2 aromatic rings. The molecule has 108 valence electrons. The van der Waals surface area contributed by atoms with Crippen LogP contribution >= 0.6 is 0 Å². The van der Waals surface area contributed by atoms with Crippen LogP contribution < -0.4 is 10.1 Å². The summed E-state index contributed by atoms with van der Waals surface area (Å²) >= 11 is 0. The molecule has 0 saturated carbocycles. The first-order valence-corrected chi connectivity index (χ1v) is 7.61. The molecule has 1 N–H and O–H groups in total. The van der Waals surface area contributed by atoms with Crippen molar-refractivity contribution >= 4 is 0 Å². The Hall–Kier alpha value is -1.84. The highest BCUT2D eigenvalue weighted by Gasteiger charge is 2.29. The summed E-state index contributed by atoms with van der Waals surface area (Å²) in [5, 5.41) is 3.81. The van der Waals surface area contributed by atoms with Gasteiger partial charge in [0.25, 0.3) is 0 Å². The third-order valence-electron chi connectivity index (χ3n) is 4.30. The minimum Gasteiger partial charge on any atom is -0.457 e. The molecule has 2 aliphatic rings. The maximum Gasteiger partial charge on any atom is 0.132 e. The number of rotatable bonds is 2. The highest BCUT2D eigenvalue weighted by molar-refractivity contribution is 5.52. The van der Waals surface area contributed by atoms with Gasteiger partial charge in [-0.25, -0.2) is 0 Å². The Morgan fingerprint density at radius 1 is 0.810 bits per heavy atom. The summed E-state index contributed by atoms with van der Waals surface area (Å²) in [5.74, 6) is 1.92.